The Labute approximate surface area is 149 Å². The molecule has 0 atom stereocenters. The van der Waals surface area contributed by atoms with E-state index in [0.717, 1.165) is 28.6 Å². The number of hydrogen-bond donors (Lipinski definition) is 2. The third-order valence-corrected chi connectivity index (χ3v) is 4.35. The second-order valence-corrected chi connectivity index (χ2v) is 6.11. The molecule has 0 fully saturated rings. The summed E-state index contributed by atoms with van der Waals surface area (Å²) in [5.74, 6) is -3.52. The first kappa shape index (κ1) is 18.9. The first-order valence-corrected chi connectivity index (χ1v) is 8.06. The molecule has 0 aliphatic rings. The molecule has 0 bridgehead atoms. The highest BCUT2D eigenvalue weighted by atomic mass is 35.5. The summed E-state index contributed by atoms with van der Waals surface area (Å²) >= 11 is 6.84. The van der Waals surface area contributed by atoms with Gasteiger partial charge in [0.25, 0.3) is 5.56 Å². The molecule has 1 heterocycles. The van der Waals surface area contributed by atoms with Gasteiger partial charge in [-0.05, 0) is 12.1 Å². The largest absolute Gasteiger partial charge is 0.369 e. The fourth-order valence-corrected chi connectivity index (χ4v) is 2.67. The Morgan fingerprint density at radius 3 is 2.68 bits per heavy atom. The van der Waals surface area contributed by atoms with Crippen molar-refractivity contribution in [1.82, 2.24) is 9.78 Å². The minimum atomic E-state index is -1.12. The van der Waals surface area contributed by atoms with Gasteiger partial charge in [0.15, 0.2) is 11.6 Å². The van der Waals surface area contributed by atoms with Crippen molar-refractivity contribution in [3.63, 3.8) is 0 Å². The number of amides is 2. The van der Waals surface area contributed by atoms with E-state index in [0.29, 0.717) is 0 Å². The van der Waals surface area contributed by atoms with Crippen molar-refractivity contribution in [2.24, 2.45) is 5.73 Å². The van der Waals surface area contributed by atoms with Gasteiger partial charge in [0, 0.05) is 11.8 Å². The number of nitrogens with one attached hydrogen (secondary N) is 1. The zero-order chi connectivity index (χ0) is 18.6. The third kappa shape index (κ3) is 5.00. The van der Waals surface area contributed by atoms with E-state index < -0.39 is 35.6 Å². The zero-order valence-corrected chi connectivity index (χ0v) is 14.0. The molecule has 3 N–H and O–H groups in total. The minimum Gasteiger partial charge on any atom is -0.369 e. The molecule has 1 aromatic heterocycles. The number of halogens is 3. The number of carbonyl (C=O) groups excluding carboxylic acids is 2. The highest BCUT2D eigenvalue weighted by molar-refractivity contribution is 8.00. The molecule has 132 valence electrons. The number of benzene rings is 1. The smallest absolute Gasteiger partial charge is 0.287 e. The number of nitrogens with zero attached hydrogens (tertiary/aromatic N) is 2. The van der Waals surface area contributed by atoms with Crippen LogP contribution in [-0.2, 0) is 16.1 Å². The predicted octanol–water partition coefficient (Wildman–Crippen LogP) is 1.39. The lowest BCUT2D eigenvalue weighted by Crippen LogP contribution is -2.30. The Morgan fingerprint density at radius 1 is 1.32 bits per heavy atom. The quantitative estimate of drug-likeness (QED) is 0.727. The number of nitrogens with two attached hydrogens (primary N) is 1. The maximum absolute atomic E-state index is 13.1. The minimum absolute atomic E-state index is 0.0247. The molecule has 0 aliphatic carbocycles. The molecular formula is C14H11ClF2N4O3S. The summed E-state index contributed by atoms with van der Waals surface area (Å²) in [6, 6.07) is 2.83. The normalized spacial score (nSPS) is 10.5. The highest BCUT2D eigenvalue weighted by Gasteiger charge is 2.14. The molecule has 0 radical (unpaired) electrons. The van der Waals surface area contributed by atoms with Gasteiger partial charge >= 0.3 is 0 Å². The number of aromatic nitrogens is 2. The summed E-state index contributed by atoms with van der Waals surface area (Å²) in [6.45, 7) is -0.488. The summed E-state index contributed by atoms with van der Waals surface area (Å²) in [7, 11) is 0. The molecule has 25 heavy (non-hydrogen) atoms. The average molecular weight is 389 g/mol. The van der Waals surface area contributed by atoms with Crippen LogP contribution >= 0.6 is 23.4 Å². The van der Waals surface area contributed by atoms with Crippen LogP contribution in [-0.4, -0.2) is 27.3 Å². The Bertz CT molecular complexity index is 891. The van der Waals surface area contributed by atoms with Gasteiger partial charge in [-0.2, -0.15) is 5.10 Å². The first-order chi connectivity index (χ1) is 11.8. The van der Waals surface area contributed by atoms with Crippen LogP contribution in [0.3, 0.4) is 0 Å². The highest BCUT2D eigenvalue weighted by Crippen LogP contribution is 2.22. The molecule has 7 nitrogen and oxygen atoms in total. The lowest BCUT2D eigenvalue weighted by atomic mass is 10.3. The molecule has 0 unspecified atom stereocenters. The fraction of sp³-hybridized carbons (Fsp3) is 0.143. The second-order valence-electron chi connectivity index (χ2n) is 4.72. The topological polar surface area (TPSA) is 107 Å². The SMILES string of the molecule is NC(=O)CSc1cnn(CC(=O)Nc2ccc(F)c(F)c2)c(=O)c1Cl. The Balaban J connectivity index is 2.10. The summed E-state index contributed by atoms with van der Waals surface area (Å²) in [5.41, 5.74) is 4.29. The van der Waals surface area contributed by atoms with Crippen molar-refractivity contribution >= 4 is 40.9 Å². The van der Waals surface area contributed by atoms with Gasteiger partial charge in [-0.25, -0.2) is 13.5 Å². The van der Waals surface area contributed by atoms with Crippen LogP contribution < -0.4 is 16.6 Å². The van der Waals surface area contributed by atoms with Crippen molar-refractivity contribution in [2.75, 3.05) is 11.1 Å². The van der Waals surface area contributed by atoms with E-state index in [9.17, 15) is 23.2 Å². The predicted molar refractivity (Wildman–Crippen MR) is 88.4 cm³/mol. The third-order valence-electron chi connectivity index (χ3n) is 2.82. The van der Waals surface area contributed by atoms with Crippen LogP contribution in [0.25, 0.3) is 0 Å². The van der Waals surface area contributed by atoms with Crippen LogP contribution in [0.15, 0.2) is 34.1 Å². The lowest BCUT2D eigenvalue weighted by Gasteiger charge is -2.08. The van der Waals surface area contributed by atoms with Crippen LogP contribution in [0.4, 0.5) is 14.5 Å². The van der Waals surface area contributed by atoms with Crippen LogP contribution in [0, 0.1) is 11.6 Å². The average Bonchev–Trinajstić information content (AvgIpc) is 2.54. The molecule has 0 saturated heterocycles. The molecule has 0 saturated carbocycles. The number of hydrogen-bond acceptors (Lipinski definition) is 5. The molecule has 0 spiro atoms. The van der Waals surface area contributed by atoms with Crippen molar-refractivity contribution in [2.45, 2.75) is 11.4 Å². The molecule has 11 heteroatoms. The van der Waals surface area contributed by atoms with Crippen molar-refractivity contribution in [3.05, 3.63) is 51.4 Å². The van der Waals surface area contributed by atoms with E-state index in [1.807, 2.05) is 0 Å². The van der Waals surface area contributed by atoms with E-state index in [2.05, 4.69) is 10.4 Å². The Morgan fingerprint density at radius 2 is 2.04 bits per heavy atom. The maximum atomic E-state index is 13.1. The van der Waals surface area contributed by atoms with Gasteiger partial charge in [-0.1, -0.05) is 11.6 Å². The Kier molecular flexibility index (Phi) is 6.10. The van der Waals surface area contributed by atoms with E-state index in [4.69, 9.17) is 17.3 Å². The van der Waals surface area contributed by atoms with Gasteiger partial charge in [-0.3, -0.25) is 14.4 Å². The monoisotopic (exact) mass is 388 g/mol. The number of anilines is 1. The number of primary amides is 1. The fourth-order valence-electron chi connectivity index (χ4n) is 1.72. The molecular weight excluding hydrogens is 378 g/mol. The van der Waals surface area contributed by atoms with E-state index in [-0.39, 0.29) is 21.4 Å². The van der Waals surface area contributed by atoms with Crippen LogP contribution in [0.2, 0.25) is 5.02 Å². The van der Waals surface area contributed by atoms with Gasteiger partial charge in [-0.15, -0.1) is 11.8 Å². The number of rotatable bonds is 6. The molecule has 0 aliphatic heterocycles. The maximum Gasteiger partial charge on any atom is 0.287 e. The Hall–Kier alpha value is -2.46. The summed E-state index contributed by atoms with van der Waals surface area (Å²) in [6.07, 6.45) is 1.22. The van der Waals surface area contributed by atoms with E-state index in [1.165, 1.54) is 12.3 Å². The van der Waals surface area contributed by atoms with Crippen LogP contribution in [0.5, 0.6) is 0 Å². The summed E-state index contributed by atoms with van der Waals surface area (Å²) in [5, 5.41) is 5.88. The van der Waals surface area contributed by atoms with Crippen LogP contribution in [0.1, 0.15) is 0 Å². The molecule has 2 amide bonds. The summed E-state index contributed by atoms with van der Waals surface area (Å²) < 4.78 is 26.7. The first-order valence-electron chi connectivity index (χ1n) is 6.69. The van der Waals surface area contributed by atoms with Gasteiger partial charge in [0.1, 0.15) is 11.6 Å². The van der Waals surface area contributed by atoms with E-state index in [1.54, 1.807) is 0 Å². The van der Waals surface area contributed by atoms with Crippen molar-refractivity contribution in [1.29, 1.82) is 0 Å². The lowest BCUT2D eigenvalue weighted by molar-refractivity contribution is -0.117. The van der Waals surface area contributed by atoms with E-state index >= 15 is 0 Å². The zero-order valence-electron chi connectivity index (χ0n) is 12.5. The van der Waals surface area contributed by atoms with Gasteiger partial charge in [0.2, 0.25) is 11.8 Å². The van der Waals surface area contributed by atoms with Crippen molar-refractivity contribution in [3.8, 4) is 0 Å². The van der Waals surface area contributed by atoms with Crippen molar-refractivity contribution < 1.29 is 18.4 Å². The standard InChI is InChI=1S/C14H11ClF2N4O3S/c15-13-10(25-6-11(18)22)4-19-21(14(13)24)5-12(23)20-7-1-2-8(16)9(17)3-7/h1-4H,5-6H2,(H2,18,22)(H,20,23). The second kappa shape index (κ2) is 8.08. The number of carbonyl (C=O) groups is 2. The van der Waals surface area contributed by atoms with Gasteiger partial charge < -0.3 is 11.1 Å². The molecule has 2 aromatic rings. The molecule has 2 rings (SSSR count). The summed E-state index contributed by atoms with van der Waals surface area (Å²) in [4.78, 5) is 35.0. The number of thioether (sulfide) groups is 1. The van der Waals surface area contributed by atoms with Gasteiger partial charge in [0.05, 0.1) is 16.8 Å². The molecule has 1 aromatic carbocycles.